The summed E-state index contributed by atoms with van der Waals surface area (Å²) in [7, 11) is 0. The van der Waals surface area contributed by atoms with Crippen molar-refractivity contribution in [3.63, 3.8) is 0 Å². The Morgan fingerprint density at radius 3 is 2.80 bits per heavy atom. The highest BCUT2D eigenvalue weighted by Gasteiger charge is 2.12. The number of ether oxygens (including phenoxy) is 1. The van der Waals surface area contributed by atoms with Crippen LogP contribution in [0.3, 0.4) is 0 Å². The van der Waals surface area contributed by atoms with Crippen LogP contribution in [0.5, 0.6) is 0 Å². The van der Waals surface area contributed by atoms with Gasteiger partial charge in [0.05, 0.1) is 18.8 Å². The molecule has 1 aromatic rings. The van der Waals surface area contributed by atoms with Crippen molar-refractivity contribution in [2.45, 2.75) is 13.8 Å². The molecular formula is C14H22N4OS. The second kappa shape index (κ2) is 6.97. The van der Waals surface area contributed by atoms with Gasteiger partial charge in [0.15, 0.2) is 0 Å². The lowest BCUT2D eigenvalue weighted by Crippen LogP contribution is -2.39. The van der Waals surface area contributed by atoms with Gasteiger partial charge in [-0.15, -0.1) is 0 Å². The number of hydrogen-bond donors (Lipinski definition) is 2. The van der Waals surface area contributed by atoms with Gasteiger partial charge in [-0.05, 0) is 19.9 Å². The molecule has 1 fully saturated rings. The molecule has 1 saturated heterocycles. The van der Waals surface area contributed by atoms with Crippen LogP contribution in [0.25, 0.3) is 0 Å². The third-order valence-electron chi connectivity index (χ3n) is 3.42. The third kappa shape index (κ3) is 3.88. The Morgan fingerprint density at radius 1 is 1.45 bits per heavy atom. The molecule has 0 radical (unpaired) electrons. The first kappa shape index (κ1) is 15.2. The van der Waals surface area contributed by atoms with Crippen molar-refractivity contribution >= 4 is 22.9 Å². The quantitative estimate of drug-likeness (QED) is 0.792. The summed E-state index contributed by atoms with van der Waals surface area (Å²) in [6.07, 6.45) is 0. The summed E-state index contributed by atoms with van der Waals surface area (Å²) in [4.78, 5) is 7.20. The number of nitrogens with zero attached hydrogens (tertiary/aromatic N) is 2. The van der Waals surface area contributed by atoms with Crippen LogP contribution >= 0.6 is 12.2 Å². The molecule has 0 spiro atoms. The number of aryl methyl sites for hydroxylation is 2. The lowest BCUT2D eigenvalue weighted by Gasteiger charge is -2.27. The maximum atomic E-state index is 5.80. The van der Waals surface area contributed by atoms with Crippen LogP contribution in [-0.4, -0.2) is 54.3 Å². The molecule has 2 heterocycles. The van der Waals surface area contributed by atoms with E-state index in [9.17, 15) is 0 Å². The van der Waals surface area contributed by atoms with Crippen LogP contribution in [0.1, 0.15) is 17.0 Å². The molecule has 0 atom stereocenters. The smallest absolute Gasteiger partial charge is 0.107 e. The van der Waals surface area contributed by atoms with E-state index in [0.717, 1.165) is 62.0 Å². The van der Waals surface area contributed by atoms with Gasteiger partial charge in [0, 0.05) is 43.3 Å². The van der Waals surface area contributed by atoms with Crippen molar-refractivity contribution in [2.24, 2.45) is 5.73 Å². The van der Waals surface area contributed by atoms with Crippen molar-refractivity contribution in [3.05, 3.63) is 23.0 Å². The minimum absolute atomic E-state index is 0.392. The van der Waals surface area contributed by atoms with Crippen molar-refractivity contribution in [1.29, 1.82) is 0 Å². The zero-order chi connectivity index (χ0) is 14.5. The van der Waals surface area contributed by atoms with Gasteiger partial charge in [-0.1, -0.05) is 12.2 Å². The van der Waals surface area contributed by atoms with E-state index >= 15 is 0 Å². The zero-order valence-corrected chi connectivity index (χ0v) is 12.9. The predicted octanol–water partition coefficient (Wildman–Crippen LogP) is 1.08. The van der Waals surface area contributed by atoms with E-state index in [1.807, 2.05) is 19.9 Å². The van der Waals surface area contributed by atoms with Crippen LogP contribution in [0.4, 0.5) is 5.69 Å². The maximum absolute atomic E-state index is 5.80. The highest BCUT2D eigenvalue weighted by atomic mass is 32.1. The molecule has 5 nitrogen and oxygen atoms in total. The summed E-state index contributed by atoms with van der Waals surface area (Å²) < 4.78 is 5.34. The molecule has 1 aliphatic heterocycles. The normalized spacial score (nSPS) is 16.1. The number of pyridine rings is 1. The van der Waals surface area contributed by atoms with Crippen molar-refractivity contribution in [2.75, 3.05) is 44.7 Å². The predicted molar refractivity (Wildman–Crippen MR) is 85.3 cm³/mol. The molecule has 0 saturated carbocycles. The standard InChI is InChI=1S/C14H22N4OS/c1-10-9-12(13(14(15)20)11(2)17-10)16-3-4-18-5-7-19-8-6-18/h9H,3-8H2,1-2H3,(H2,15,20)(H,16,17). The number of thiocarbonyl (C=S) groups is 1. The van der Waals surface area contributed by atoms with E-state index in [4.69, 9.17) is 22.7 Å². The number of hydrogen-bond acceptors (Lipinski definition) is 5. The molecule has 1 aromatic heterocycles. The van der Waals surface area contributed by atoms with E-state index in [2.05, 4.69) is 15.2 Å². The Kier molecular flexibility index (Phi) is 5.28. The minimum Gasteiger partial charge on any atom is -0.389 e. The number of morpholine rings is 1. The SMILES string of the molecule is Cc1cc(NCCN2CCOCC2)c(C(N)=S)c(C)n1. The van der Waals surface area contributed by atoms with Crippen LogP contribution < -0.4 is 11.1 Å². The molecule has 0 bridgehead atoms. The van der Waals surface area contributed by atoms with E-state index in [1.165, 1.54) is 0 Å². The Labute approximate surface area is 125 Å². The molecule has 20 heavy (non-hydrogen) atoms. The highest BCUT2D eigenvalue weighted by molar-refractivity contribution is 7.80. The summed E-state index contributed by atoms with van der Waals surface area (Å²) >= 11 is 5.13. The van der Waals surface area contributed by atoms with E-state index < -0.39 is 0 Å². The average molecular weight is 294 g/mol. The first-order valence-electron chi connectivity index (χ1n) is 6.90. The van der Waals surface area contributed by atoms with Gasteiger partial charge in [-0.2, -0.15) is 0 Å². The van der Waals surface area contributed by atoms with Gasteiger partial charge in [-0.25, -0.2) is 0 Å². The van der Waals surface area contributed by atoms with Gasteiger partial charge in [-0.3, -0.25) is 9.88 Å². The Bertz CT molecular complexity index is 486. The number of nitrogens with one attached hydrogen (secondary N) is 1. The molecule has 0 unspecified atom stereocenters. The van der Waals surface area contributed by atoms with E-state index in [0.29, 0.717) is 4.99 Å². The van der Waals surface area contributed by atoms with Gasteiger partial charge in [0.1, 0.15) is 4.99 Å². The summed E-state index contributed by atoms with van der Waals surface area (Å²) in [5, 5.41) is 3.43. The zero-order valence-electron chi connectivity index (χ0n) is 12.1. The van der Waals surface area contributed by atoms with Crippen molar-refractivity contribution < 1.29 is 4.74 Å². The fourth-order valence-corrected chi connectivity index (χ4v) is 2.71. The van der Waals surface area contributed by atoms with Gasteiger partial charge in [0.2, 0.25) is 0 Å². The fraction of sp³-hybridized carbons (Fsp3) is 0.571. The van der Waals surface area contributed by atoms with E-state index in [-0.39, 0.29) is 0 Å². The van der Waals surface area contributed by atoms with Crippen molar-refractivity contribution in [1.82, 2.24) is 9.88 Å². The maximum Gasteiger partial charge on any atom is 0.107 e. The van der Waals surface area contributed by atoms with Gasteiger partial charge >= 0.3 is 0 Å². The van der Waals surface area contributed by atoms with E-state index in [1.54, 1.807) is 0 Å². The third-order valence-corrected chi connectivity index (χ3v) is 3.63. The van der Waals surface area contributed by atoms with Gasteiger partial charge in [0.25, 0.3) is 0 Å². The molecule has 6 heteroatoms. The Hall–Kier alpha value is -1.24. The van der Waals surface area contributed by atoms with Crippen LogP contribution in [0.15, 0.2) is 6.07 Å². The first-order valence-corrected chi connectivity index (χ1v) is 7.31. The molecule has 0 aliphatic carbocycles. The Balaban J connectivity index is 1.99. The largest absolute Gasteiger partial charge is 0.389 e. The lowest BCUT2D eigenvalue weighted by molar-refractivity contribution is 0.0398. The summed E-state index contributed by atoms with van der Waals surface area (Å²) in [5.41, 5.74) is 9.49. The summed E-state index contributed by atoms with van der Waals surface area (Å²) in [5.74, 6) is 0. The number of anilines is 1. The Morgan fingerprint density at radius 2 is 2.15 bits per heavy atom. The van der Waals surface area contributed by atoms with Crippen LogP contribution in [0, 0.1) is 13.8 Å². The van der Waals surface area contributed by atoms with Crippen molar-refractivity contribution in [3.8, 4) is 0 Å². The molecule has 0 aromatic carbocycles. The second-order valence-corrected chi connectivity index (χ2v) is 5.46. The monoisotopic (exact) mass is 294 g/mol. The molecule has 3 N–H and O–H groups in total. The fourth-order valence-electron chi connectivity index (χ4n) is 2.45. The van der Waals surface area contributed by atoms with Gasteiger partial charge < -0.3 is 15.8 Å². The summed E-state index contributed by atoms with van der Waals surface area (Å²) in [6, 6.07) is 2.00. The lowest BCUT2D eigenvalue weighted by atomic mass is 10.1. The second-order valence-electron chi connectivity index (χ2n) is 5.02. The molecule has 2 rings (SSSR count). The molecule has 0 amide bonds. The number of rotatable bonds is 5. The molecular weight excluding hydrogens is 272 g/mol. The molecule has 1 aliphatic rings. The number of nitrogens with two attached hydrogens (primary N) is 1. The topological polar surface area (TPSA) is 63.4 Å². The highest BCUT2D eigenvalue weighted by Crippen LogP contribution is 2.19. The first-order chi connectivity index (χ1) is 9.58. The molecule has 110 valence electrons. The average Bonchev–Trinajstić information content (AvgIpc) is 2.38. The van der Waals surface area contributed by atoms with Crippen LogP contribution in [0.2, 0.25) is 0 Å². The number of aromatic nitrogens is 1. The summed E-state index contributed by atoms with van der Waals surface area (Å²) in [6.45, 7) is 9.41. The van der Waals surface area contributed by atoms with Crippen LogP contribution in [-0.2, 0) is 4.74 Å². The minimum atomic E-state index is 0.392.